The number of phenols is 1. The number of thiazole rings is 1. The van der Waals surface area contributed by atoms with Crippen LogP contribution in [0.2, 0.25) is 0 Å². The topological polar surface area (TPSA) is 56.4 Å². The van der Waals surface area contributed by atoms with Crippen LogP contribution in [-0.4, -0.2) is 21.5 Å². The van der Waals surface area contributed by atoms with Gasteiger partial charge in [0.15, 0.2) is 4.87 Å². The van der Waals surface area contributed by atoms with Crippen molar-refractivity contribution in [2.75, 3.05) is 11.6 Å². The molecule has 0 atom stereocenters. The van der Waals surface area contributed by atoms with E-state index in [0.29, 0.717) is 16.5 Å². The highest BCUT2D eigenvalue weighted by Gasteiger charge is 2.38. The Bertz CT molecular complexity index is 934. The molecular weight excluding hydrogens is 317 g/mol. The SMILES string of the molecule is O=[N+]1C(c2cc(F)ccc2O)=CCN1c1nc2ccccc2s1. The predicted molar refractivity (Wildman–Crippen MR) is 86.6 cm³/mol. The Hall–Kier alpha value is -2.80. The first-order valence-corrected chi connectivity index (χ1v) is 7.74. The lowest BCUT2D eigenvalue weighted by molar-refractivity contribution is -0.460. The van der Waals surface area contributed by atoms with Crippen molar-refractivity contribution in [3.8, 4) is 5.75 Å². The summed E-state index contributed by atoms with van der Waals surface area (Å²) in [6.45, 7) is 0.314. The van der Waals surface area contributed by atoms with Gasteiger partial charge >= 0.3 is 5.70 Å². The minimum absolute atomic E-state index is 0.135. The molecule has 1 aromatic heterocycles. The maximum atomic E-state index is 13.4. The maximum absolute atomic E-state index is 13.4. The van der Waals surface area contributed by atoms with Gasteiger partial charge in [0.05, 0.1) is 20.7 Å². The van der Waals surface area contributed by atoms with E-state index in [1.165, 1.54) is 22.4 Å². The Balaban J connectivity index is 1.70. The molecule has 0 spiro atoms. The van der Waals surface area contributed by atoms with Crippen LogP contribution in [0, 0.1) is 10.7 Å². The number of halogens is 1. The molecule has 0 bridgehead atoms. The first kappa shape index (κ1) is 13.8. The van der Waals surface area contributed by atoms with Crippen molar-refractivity contribution >= 4 is 32.4 Å². The number of aromatic nitrogens is 1. The van der Waals surface area contributed by atoms with E-state index in [1.807, 2.05) is 24.3 Å². The van der Waals surface area contributed by atoms with Gasteiger partial charge in [-0.15, -0.1) is 0 Å². The number of rotatable bonds is 2. The van der Waals surface area contributed by atoms with E-state index in [0.717, 1.165) is 22.3 Å². The van der Waals surface area contributed by atoms with Crippen LogP contribution in [-0.2, 0) is 0 Å². The first-order valence-electron chi connectivity index (χ1n) is 6.93. The van der Waals surface area contributed by atoms with Gasteiger partial charge in [0.1, 0.15) is 18.1 Å². The molecule has 2 heterocycles. The molecule has 0 saturated heterocycles. The van der Waals surface area contributed by atoms with E-state index >= 15 is 0 Å². The van der Waals surface area contributed by atoms with Crippen LogP contribution in [0.1, 0.15) is 5.56 Å². The van der Waals surface area contributed by atoms with Gasteiger partial charge in [0, 0.05) is 6.08 Å². The van der Waals surface area contributed by atoms with Crippen LogP contribution in [0.15, 0.2) is 48.5 Å². The smallest absolute Gasteiger partial charge is 0.301 e. The lowest BCUT2D eigenvalue weighted by Gasteiger charge is -2.04. The average Bonchev–Trinajstić information content (AvgIpc) is 3.13. The zero-order valence-corrected chi connectivity index (χ0v) is 12.6. The molecule has 3 aromatic rings. The summed E-state index contributed by atoms with van der Waals surface area (Å²) in [6.07, 6.45) is 1.65. The van der Waals surface area contributed by atoms with Crippen molar-refractivity contribution in [2.45, 2.75) is 0 Å². The fourth-order valence-corrected chi connectivity index (χ4v) is 3.47. The van der Waals surface area contributed by atoms with Crippen LogP contribution >= 0.6 is 11.3 Å². The van der Waals surface area contributed by atoms with E-state index < -0.39 is 5.82 Å². The molecule has 0 unspecified atom stereocenters. The molecule has 1 aliphatic rings. The van der Waals surface area contributed by atoms with Crippen molar-refractivity contribution in [3.63, 3.8) is 0 Å². The molecule has 1 aliphatic heterocycles. The number of phenolic OH excluding ortho intramolecular Hbond substituents is 1. The number of nitrogens with zero attached hydrogens (tertiary/aromatic N) is 3. The standard InChI is InChI=1S/C16H10FN3O2S/c17-10-5-6-14(21)11(9-10)13-7-8-19(20(13)22)16-18-12-3-1-2-4-15(12)23-16/h1-7,9H,8H2/p+1. The molecule has 2 aromatic carbocycles. The van der Waals surface area contributed by atoms with E-state index in [2.05, 4.69) is 4.98 Å². The van der Waals surface area contributed by atoms with Gasteiger partial charge in [-0.3, -0.25) is 0 Å². The molecule has 4 rings (SSSR count). The number of fused-ring (bicyclic) bond motifs is 1. The number of aromatic hydroxyl groups is 1. The van der Waals surface area contributed by atoms with Crippen LogP contribution in [0.25, 0.3) is 15.9 Å². The molecule has 0 fully saturated rings. The molecule has 7 heteroatoms. The second kappa shape index (κ2) is 5.13. The third-order valence-corrected chi connectivity index (χ3v) is 4.67. The third kappa shape index (κ3) is 2.25. The third-order valence-electron chi connectivity index (χ3n) is 3.62. The minimum Gasteiger partial charge on any atom is -0.507 e. The van der Waals surface area contributed by atoms with Gasteiger partial charge in [0.2, 0.25) is 5.13 Å². The minimum atomic E-state index is -0.509. The quantitative estimate of drug-likeness (QED) is 0.729. The molecule has 1 N–H and O–H groups in total. The summed E-state index contributed by atoms with van der Waals surface area (Å²) in [5.41, 5.74) is 1.20. The maximum Gasteiger partial charge on any atom is 0.301 e. The van der Waals surface area contributed by atoms with Gasteiger partial charge in [0.25, 0.3) is 0 Å². The van der Waals surface area contributed by atoms with Crippen molar-refractivity contribution in [1.82, 2.24) is 4.98 Å². The van der Waals surface area contributed by atoms with Crippen LogP contribution < -0.4 is 5.01 Å². The van der Waals surface area contributed by atoms with E-state index in [4.69, 9.17) is 0 Å². The Morgan fingerprint density at radius 2 is 2.09 bits per heavy atom. The first-order chi connectivity index (χ1) is 11.1. The zero-order chi connectivity index (χ0) is 16.0. The normalized spacial score (nSPS) is 14.6. The fraction of sp³-hybridized carbons (Fsp3) is 0.0625. The molecular formula is C16H11FN3O2S+. The Morgan fingerprint density at radius 1 is 1.26 bits per heavy atom. The van der Waals surface area contributed by atoms with Gasteiger partial charge in [-0.1, -0.05) is 28.5 Å². The van der Waals surface area contributed by atoms with Crippen LogP contribution in [0.3, 0.4) is 0 Å². The largest absolute Gasteiger partial charge is 0.507 e. The van der Waals surface area contributed by atoms with Crippen LogP contribution in [0.5, 0.6) is 5.75 Å². The summed E-state index contributed by atoms with van der Waals surface area (Å²) in [7, 11) is 0. The summed E-state index contributed by atoms with van der Waals surface area (Å²) >= 11 is 1.41. The molecule has 0 aliphatic carbocycles. The fourth-order valence-electron chi connectivity index (χ4n) is 2.51. The van der Waals surface area contributed by atoms with Gasteiger partial charge in [-0.25, -0.2) is 9.37 Å². The number of benzene rings is 2. The summed E-state index contributed by atoms with van der Waals surface area (Å²) in [5, 5.41) is 11.9. The molecule has 0 saturated carbocycles. The van der Waals surface area contributed by atoms with E-state index in [9.17, 15) is 14.4 Å². The highest BCUT2D eigenvalue weighted by Crippen LogP contribution is 2.35. The molecule has 5 nitrogen and oxygen atoms in total. The van der Waals surface area contributed by atoms with Crippen molar-refractivity contribution < 1.29 is 14.4 Å². The van der Waals surface area contributed by atoms with Crippen molar-refractivity contribution in [1.29, 1.82) is 0 Å². The summed E-state index contributed by atoms with van der Waals surface area (Å²) in [5.74, 6) is -0.643. The van der Waals surface area contributed by atoms with Gasteiger partial charge in [-0.2, -0.15) is 0 Å². The average molecular weight is 328 g/mol. The number of hydrogen-bond acceptors (Lipinski definition) is 4. The van der Waals surface area contributed by atoms with Crippen molar-refractivity contribution in [3.05, 3.63) is 64.8 Å². The summed E-state index contributed by atoms with van der Waals surface area (Å²) < 4.78 is 14.4. The second-order valence-corrected chi connectivity index (χ2v) is 6.08. The van der Waals surface area contributed by atoms with Crippen molar-refractivity contribution in [2.24, 2.45) is 0 Å². The molecule has 0 radical (unpaired) electrons. The number of hydrazine groups is 1. The lowest BCUT2D eigenvalue weighted by Crippen LogP contribution is -2.27. The Labute approximate surface area is 134 Å². The Morgan fingerprint density at radius 3 is 2.91 bits per heavy atom. The molecule has 23 heavy (non-hydrogen) atoms. The number of hydrogen-bond donors (Lipinski definition) is 1. The zero-order valence-electron chi connectivity index (χ0n) is 11.8. The highest BCUT2D eigenvalue weighted by atomic mass is 32.1. The summed E-state index contributed by atoms with van der Waals surface area (Å²) in [4.78, 5) is 17.6. The monoisotopic (exact) mass is 328 g/mol. The number of nitroso groups, excluding NO2 is 1. The second-order valence-electron chi connectivity index (χ2n) is 5.07. The summed E-state index contributed by atoms with van der Waals surface area (Å²) in [6, 6.07) is 11.2. The van der Waals surface area contributed by atoms with E-state index in [-0.39, 0.29) is 17.0 Å². The predicted octanol–water partition coefficient (Wildman–Crippen LogP) is 3.70. The van der Waals surface area contributed by atoms with E-state index in [1.54, 1.807) is 6.08 Å². The van der Waals surface area contributed by atoms with Gasteiger partial charge < -0.3 is 5.11 Å². The number of para-hydroxylation sites is 1. The number of anilines is 1. The Kier molecular flexibility index (Phi) is 3.09. The van der Waals surface area contributed by atoms with Gasteiger partial charge in [-0.05, 0) is 30.3 Å². The van der Waals surface area contributed by atoms with Crippen LogP contribution in [0.4, 0.5) is 9.52 Å². The highest BCUT2D eigenvalue weighted by molar-refractivity contribution is 7.22. The molecule has 0 amide bonds. The lowest BCUT2D eigenvalue weighted by atomic mass is 10.1. The molecule has 114 valence electrons.